The molecular weight excluding hydrogens is 648 g/mol. The third kappa shape index (κ3) is 7.05. The molecular formula is C44H48SiZr-4. The number of hydrogen-bond acceptors (Lipinski definition) is 0. The van der Waals surface area contributed by atoms with Crippen LogP contribution in [-0.2, 0) is 49.0 Å². The molecule has 0 amide bonds. The number of benzene rings is 4. The van der Waals surface area contributed by atoms with Gasteiger partial charge in [0.2, 0.25) is 0 Å². The Kier molecular flexibility index (Phi) is 11.7. The summed E-state index contributed by atoms with van der Waals surface area (Å²) in [5.74, 6) is 0. The summed E-state index contributed by atoms with van der Waals surface area (Å²) in [5, 5.41) is 5.72. The molecule has 6 aromatic carbocycles. The molecule has 2 radical (unpaired) electrons. The standard InChI is InChI=1S/2C21H21.2CH3.Si.Zr/c2*1-13-7-14(2)10-18(9-13)21-19-6-4-5-16(19)12-17-8-15(3)11-20(17)21;;;;/h2*7-12H,4-6H2,1-3H3;2*1H3;;/q4*-1;;. The fourth-order valence-electron chi connectivity index (χ4n) is 8.05. The first-order valence-corrected chi connectivity index (χ1v) is 20.3. The van der Waals surface area contributed by atoms with Gasteiger partial charge in [-0.15, -0.1) is 56.9 Å². The topological polar surface area (TPSA) is 0 Å². The molecule has 0 fully saturated rings. The van der Waals surface area contributed by atoms with Crippen molar-refractivity contribution in [2.24, 2.45) is 0 Å². The number of aryl methyl sites for hydroxylation is 8. The fourth-order valence-corrected chi connectivity index (χ4v) is 8.05. The number of hydrogen-bond donors (Lipinski definition) is 0. The third-order valence-electron chi connectivity index (χ3n) is 9.48. The van der Waals surface area contributed by atoms with Crippen LogP contribution < -0.4 is 0 Å². The van der Waals surface area contributed by atoms with E-state index in [1.807, 2.05) is 0 Å². The zero-order valence-electron chi connectivity index (χ0n) is 29.2. The van der Waals surface area contributed by atoms with E-state index in [0.29, 0.717) is 0 Å². The molecule has 236 valence electrons. The summed E-state index contributed by atoms with van der Waals surface area (Å²) in [6.07, 6.45) is 7.56. The summed E-state index contributed by atoms with van der Waals surface area (Å²) in [5.41, 5.74) is 20.3. The van der Waals surface area contributed by atoms with Crippen LogP contribution in [0.1, 0.15) is 68.5 Å². The molecule has 0 nitrogen and oxygen atoms in total. The van der Waals surface area contributed by atoms with E-state index in [0.717, 1.165) is 0 Å². The molecule has 0 aromatic heterocycles. The third-order valence-corrected chi connectivity index (χ3v) is 9.48. The van der Waals surface area contributed by atoms with Gasteiger partial charge < -0.3 is 14.9 Å². The second kappa shape index (κ2) is 15.0. The van der Waals surface area contributed by atoms with Crippen molar-refractivity contribution in [3.63, 3.8) is 0 Å². The summed E-state index contributed by atoms with van der Waals surface area (Å²) < 4.78 is 0. The molecule has 0 saturated heterocycles. The molecule has 2 aliphatic rings. The summed E-state index contributed by atoms with van der Waals surface area (Å²) >= 11 is 1.36. The summed E-state index contributed by atoms with van der Waals surface area (Å²) in [6.45, 7) is 16.3. The van der Waals surface area contributed by atoms with Crippen LogP contribution in [0.4, 0.5) is 0 Å². The maximum absolute atomic E-state index is 3.06. The molecule has 0 saturated carbocycles. The average Bonchev–Trinajstić information content (AvgIpc) is 3.76. The Bertz CT molecular complexity index is 1830. The van der Waals surface area contributed by atoms with Crippen LogP contribution in [0.5, 0.6) is 0 Å². The van der Waals surface area contributed by atoms with E-state index in [4.69, 9.17) is 0 Å². The summed E-state index contributed by atoms with van der Waals surface area (Å²) in [4.78, 5) is 0. The van der Waals surface area contributed by atoms with Gasteiger partial charge in [-0.05, 0) is 77.3 Å². The van der Waals surface area contributed by atoms with Crippen LogP contribution in [0.25, 0.3) is 43.8 Å². The van der Waals surface area contributed by atoms with Gasteiger partial charge in [-0.2, -0.15) is 12.1 Å². The molecule has 0 unspecified atom stereocenters. The molecule has 0 atom stereocenters. The summed E-state index contributed by atoms with van der Waals surface area (Å²) in [6, 6.07) is 28.2. The normalized spacial score (nSPS) is 12.7. The van der Waals surface area contributed by atoms with Crippen LogP contribution in [-0.4, -0.2) is 6.88 Å². The van der Waals surface area contributed by atoms with Crippen molar-refractivity contribution in [2.45, 2.75) is 80.1 Å². The average molecular weight is 696 g/mol. The Morgan fingerprint density at radius 3 is 1.17 bits per heavy atom. The second-order valence-electron chi connectivity index (χ2n) is 13.3. The molecule has 2 heteroatoms. The van der Waals surface area contributed by atoms with Crippen molar-refractivity contribution in [1.82, 2.24) is 0 Å². The maximum atomic E-state index is 3.06. The molecule has 8 rings (SSSR count). The second-order valence-corrected chi connectivity index (χ2v) is 13.3. The van der Waals surface area contributed by atoms with Gasteiger partial charge in [0.15, 0.2) is 0 Å². The van der Waals surface area contributed by atoms with Crippen molar-refractivity contribution in [2.75, 3.05) is 0 Å². The first-order chi connectivity index (χ1) is 21.2. The Morgan fingerprint density at radius 1 is 0.478 bits per heavy atom. The molecule has 0 aliphatic heterocycles. The molecule has 0 N–H and O–H groups in total. The van der Waals surface area contributed by atoms with Gasteiger partial charge in [0, 0.05) is 0 Å². The van der Waals surface area contributed by atoms with Gasteiger partial charge in [0.05, 0.1) is 0 Å². The van der Waals surface area contributed by atoms with Gasteiger partial charge in [-0.25, -0.2) is 0 Å². The minimum atomic E-state index is 0. The number of rotatable bonds is 2. The van der Waals surface area contributed by atoms with E-state index in [9.17, 15) is 0 Å². The first-order valence-electron chi connectivity index (χ1n) is 16.1. The zero-order valence-corrected chi connectivity index (χ0v) is 32.6. The fraction of sp³-hybridized carbons (Fsp3) is 0.273. The van der Waals surface area contributed by atoms with E-state index >= 15 is 0 Å². The predicted octanol–water partition coefficient (Wildman–Crippen LogP) is 11.8. The van der Waals surface area contributed by atoms with E-state index in [-0.39, 0.29) is 14.9 Å². The molecule has 46 heavy (non-hydrogen) atoms. The van der Waals surface area contributed by atoms with Crippen molar-refractivity contribution in [3.8, 4) is 22.3 Å². The Morgan fingerprint density at radius 2 is 0.826 bits per heavy atom. The van der Waals surface area contributed by atoms with Crippen molar-refractivity contribution in [1.29, 1.82) is 0 Å². The van der Waals surface area contributed by atoms with E-state index in [1.54, 1.807) is 22.3 Å². The van der Waals surface area contributed by atoms with E-state index in [2.05, 4.69) is 121 Å². The zero-order chi connectivity index (χ0) is 31.1. The molecule has 0 bridgehead atoms. The molecule has 0 heterocycles. The first kappa shape index (κ1) is 36.0. The van der Waals surface area contributed by atoms with Crippen molar-refractivity contribution in [3.05, 3.63) is 143 Å². The molecule has 6 aromatic rings. The quantitative estimate of drug-likeness (QED) is 0.125. The summed E-state index contributed by atoms with van der Waals surface area (Å²) in [7, 11) is 0. The van der Waals surface area contributed by atoms with Gasteiger partial charge in [0.25, 0.3) is 0 Å². The molecule has 2 aliphatic carbocycles. The van der Waals surface area contributed by atoms with Crippen LogP contribution in [0, 0.1) is 56.4 Å². The van der Waals surface area contributed by atoms with Gasteiger partial charge in [-0.1, -0.05) is 106 Å². The number of fused-ring (bicyclic) bond motifs is 4. The van der Waals surface area contributed by atoms with Crippen LogP contribution in [0.15, 0.2) is 72.8 Å². The van der Waals surface area contributed by atoms with Crippen molar-refractivity contribution < 1.29 is 23.3 Å². The van der Waals surface area contributed by atoms with Gasteiger partial charge in [-0.3, -0.25) is 0 Å². The predicted molar refractivity (Wildman–Crippen MR) is 201 cm³/mol. The Balaban J connectivity index is 0.000000190. The van der Waals surface area contributed by atoms with Crippen LogP contribution in [0.2, 0.25) is 0 Å². The minimum absolute atomic E-state index is 0. The van der Waals surface area contributed by atoms with Crippen LogP contribution in [0.3, 0.4) is 0 Å². The van der Waals surface area contributed by atoms with Crippen LogP contribution >= 0.6 is 0 Å². The Hall–Kier alpha value is -2.80. The Labute approximate surface area is 295 Å². The van der Waals surface area contributed by atoms with Gasteiger partial charge >= 0.3 is 30.2 Å². The molecule has 0 spiro atoms. The van der Waals surface area contributed by atoms with E-state index < -0.39 is 0 Å². The van der Waals surface area contributed by atoms with E-state index in [1.165, 1.54) is 139 Å². The van der Waals surface area contributed by atoms with Crippen molar-refractivity contribution >= 4 is 28.4 Å². The monoisotopic (exact) mass is 694 g/mol. The van der Waals surface area contributed by atoms with Gasteiger partial charge in [0.1, 0.15) is 0 Å². The SMILES string of the molecule is Cc1cc(C)cc(-c2c3c(cc4[cH-]c(C)cc24)CCC3)c1.Cc1cc(C)cc(-c2c3c(cc4[cH-]c(C)cc24)CCC3)c1.[CH3-].[CH3-].[Si]=[Zr].